The molecule has 0 unspecified atom stereocenters. The minimum Gasteiger partial charge on any atom is -0.485 e. The summed E-state index contributed by atoms with van der Waals surface area (Å²) >= 11 is 1.87. The number of thioether (sulfide) groups is 1. The second-order valence-corrected chi connectivity index (χ2v) is 6.06. The van der Waals surface area contributed by atoms with Gasteiger partial charge in [-0.1, -0.05) is 18.2 Å². The summed E-state index contributed by atoms with van der Waals surface area (Å²) in [6.45, 7) is 1.95. The van der Waals surface area contributed by atoms with E-state index in [0.29, 0.717) is 5.82 Å². The number of benzene rings is 1. The third-order valence-corrected chi connectivity index (χ3v) is 4.19. The zero-order valence-electron chi connectivity index (χ0n) is 12.1. The van der Waals surface area contributed by atoms with Crippen LogP contribution in [0.25, 0.3) is 0 Å². The lowest BCUT2D eigenvalue weighted by molar-refractivity contribution is -0.131. The zero-order chi connectivity index (χ0) is 15.2. The van der Waals surface area contributed by atoms with Gasteiger partial charge in [0, 0.05) is 24.6 Å². The molecule has 1 saturated heterocycles. The van der Waals surface area contributed by atoms with Gasteiger partial charge in [-0.15, -0.1) is 10.2 Å². The quantitative estimate of drug-likeness (QED) is 0.813. The van der Waals surface area contributed by atoms with E-state index in [9.17, 15) is 4.79 Å². The van der Waals surface area contributed by atoms with E-state index in [2.05, 4.69) is 15.4 Å². The molecule has 2 aromatic rings. The summed E-state index contributed by atoms with van der Waals surface area (Å²) in [7, 11) is 0. The monoisotopic (exact) mass is 319 g/mol. The Balaban J connectivity index is 1.51. The number of para-hydroxylation sites is 1. The Morgan fingerprint density at radius 3 is 2.77 bits per heavy atom. The second kappa shape index (κ2) is 7.26. The number of hydrogen-bond acceptors (Lipinski definition) is 6. The van der Waals surface area contributed by atoms with Gasteiger partial charge in [-0.2, -0.15) is 16.6 Å². The molecule has 1 amide bonds. The van der Waals surface area contributed by atoms with Crippen LogP contribution in [-0.2, 0) is 17.9 Å². The van der Waals surface area contributed by atoms with Gasteiger partial charge in [0.2, 0.25) is 11.7 Å². The van der Waals surface area contributed by atoms with Crippen LogP contribution in [0.4, 0.5) is 0 Å². The molecule has 7 nitrogen and oxygen atoms in total. The number of ether oxygens (including phenoxy) is 1. The van der Waals surface area contributed by atoms with Crippen molar-refractivity contribution in [2.45, 2.75) is 13.2 Å². The number of amides is 1. The largest absolute Gasteiger partial charge is 0.485 e. The summed E-state index contributed by atoms with van der Waals surface area (Å²) in [6, 6.07) is 9.45. The molecule has 1 fully saturated rings. The van der Waals surface area contributed by atoms with Gasteiger partial charge in [-0.05, 0) is 17.3 Å². The number of tetrazole rings is 1. The Hall–Kier alpha value is -2.09. The fourth-order valence-corrected chi connectivity index (χ4v) is 3.00. The van der Waals surface area contributed by atoms with Gasteiger partial charge in [0.25, 0.3) is 0 Å². The smallest absolute Gasteiger partial charge is 0.246 e. The summed E-state index contributed by atoms with van der Waals surface area (Å²) < 4.78 is 5.55. The first kappa shape index (κ1) is 14.8. The lowest BCUT2D eigenvalue weighted by Gasteiger charge is -2.25. The van der Waals surface area contributed by atoms with E-state index in [4.69, 9.17) is 4.74 Å². The van der Waals surface area contributed by atoms with E-state index in [1.54, 1.807) is 0 Å². The molecule has 1 aliphatic rings. The Labute approximate surface area is 132 Å². The van der Waals surface area contributed by atoms with E-state index in [-0.39, 0.29) is 19.1 Å². The van der Waals surface area contributed by atoms with Crippen LogP contribution in [0, 0.1) is 0 Å². The van der Waals surface area contributed by atoms with Crippen LogP contribution in [0.2, 0.25) is 0 Å². The molecule has 22 heavy (non-hydrogen) atoms. The van der Waals surface area contributed by atoms with E-state index in [0.717, 1.165) is 30.3 Å². The number of aromatic nitrogens is 4. The highest BCUT2D eigenvalue weighted by Crippen LogP contribution is 2.10. The first-order valence-corrected chi connectivity index (χ1v) is 8.27. The number of rotatable bonds is 5. The van der Waals surface area contributed by atoms with Crippen molar-refractivity contribution in [3.05, 3.63) is 36.2 Å². The summed E-state index contributed by atoms with van der Waals surface area (Å²) in [5.74, 6) is 3.24. The third kappa shape index (κ3) is 3.97. The molecular weight excluding hydrogens is 302 g/mol. The summed E-state index contributed by atoms with van der Waals surface area (Å²) in [6.07, 6.45) is 0. The molecule has 0 aliphatic carbocycles. The van der Waals surface area contributed by atoms with Crippen LogP contribution < -0.4 is 4.74 Å². The average molecular weight is 319 g/mol. The van der Waals surface area contributed by atoms with Crippen molar-refractivity contribution in [1.29, 1.82) is 0 Å². The number of nitrogens with zero attached hydrogens (tertiary/aromatic N) is 5. The van der Waals surface area contributed by atoms with Gasteiger partial charge in [-0.3, -0.25) is 4.79 Å². The zero-order valence-corrected chi connectivity index (χ0v) is 12.9. The summed E-state index contributed by atoms with van der Waals surface area (Å²) in [4.78, 5) is 15.3. The van der Waals surface area contributed by atoms with Crippen LogP contribution in [0.1, 0.15) is 5.82 Å². The molecule has 8 heteroatoms. The van der Waals surface area contributed by atoms with Gasteiger partial charge in [0.05, 0.1) is 0 Å². The fraction of sp³-hybridized carbons (Fsp3) is 0.429. The van der Waals surface area contributed by atoms with Crippen molar-refractivity contribution in [3.63, 3.8) is 0 Å². The molecule has 1 aromatic carbocycles. The maximum Gasteiger partial charge on any atom is 0.246 e. The van der Waals surface area contributed by atoms with Crippen LogP contribution in [0.15, 0.2) is 30.3 Å². The molecule has 116 valence electrons. The highest BCUT2D eigenvalue weighted by atomic mass is 32.2. The van der Waals surface area contributed by atoms with E-state index in [1.807, 2.05) is 47.0 Å². The molecular formula is C14H17N5O2S. The van der Waals surface area contributed by atoms with Crippen molar-refractivity contribution in [2.24, 2.45) is 0 Å². The molecule has 0 spiro atoms. The maximum atomic E-state index is 12.1. The minimum atomic E-state index is 0.0354. The lowest BCUT2D eigenvalue weighted by atomic mass is 10.3. The highest BCUT2D eigenvalue weighted by Gasteiger charge is 2.18. The molecule has 2 heterocycles. The van der Waals surface area contributed by atoms with Crippen molar-refractivity contribution < 1.29 is 9.53 Å². The predicted molar refractivity (Wildman–Crippen MR) is 82.5 cm³/mol. The van der Waals surface area contributed by atoms with Crippen molar-refractivity contribution in [1.82, 2.24) is 25.1 Å². The second-order valence-electron chi connectivity index (χ2n) is 4.83. The molecule has 0 atom stereocenters. The van der Waals surface area contributed by atoms with E-state index < -0.39 is 0 Å². The maximum absolute atomic E-state index is 12.1. The lowest BCUT2D eigenvalue weighted by Crippen LogP contribution is -2.40. The number of carbonyl (C=O) groups is 1. The fourth-order valence-electron chi connectivity index (χ4n) is 2.10. The normalized spacial score (nSPS) is 14.8. The SMILES string of the molecule is O=C(Cn1nnc(COc2ccccc2)n1)N1CCSCC1. The standard InChI is InChI=1S/C14H17N5O2S/c20-14(18-6-8-22-9-7-18)10-19-16-13(15-17-19)11-21-12-4-2-1-3-5-12/h1-5H,6-11H2. The van der Waals surface area contributed by atoms with Crippen molar-refractivity contribution in [2.75, 3.05) is 24.6 Å². The van der Waals surface area contributed by atoms with Gasteiger partial charge >= 0.3 is 0 Å². The van der Waals surface area contributed by atoms with E-state index in [1.165, 1.54) is 4.80 Å². The van der Waals surface area contributed by atoms with Gasteiger partial charge < -0.3 is 9.64 Å². The first-order chi connectivity index (χ1) is 10.8. The van der Waals surface area contributed by atoms with Crippen molar-refractivity contribution in [3.8, 4) is 5.75 Å². The Morgan fingerprint density at radius 1 is 1.23 bits per heavy atom. The third-order valence-electron chi connectivity index (χ3n) is 3.25. The Bertz CT molecular complexity index is 613. The van der Waals surface area contributed by atoms with Crippen LogP contribution in [0.3, 0.4) is 0 Å². The topological polar surface area (TPSA) is 73.1 Å². The highest BCUT2D eigenvalue weighted by molar-refractivity contribution is 7.99. The van der Waals surface area contributed by atoms with Crippen LogP contribution in [0.5, 0.6) is 5.75 Å². The molecule has 0 bridgehead atoms. The number of hydrogen-bond donors (Lipinski definition) is 0. The molecule has 0 radical (unpaired) electrons. The van der Waals surface area contributed by atoms with Gasteiger partial charge in [0.15, 0.2) is 6.61 Å². The van der Waals surface area contributed by atoms with E-state index >= 15 is 0 Å². The van der Waals surface area contributed by atoms with Crippen molar-refractivity contribution >= 4 is 17.7 Å². The average Bonchev–Trinajstić information content (AvgIpc) is 3.02. The molecule has 1 aromatic heterocycles. The van der Waals surface area contributed by atoms with Crippen LogP contribution >= 0.6 is 11.8 Å². The summed E-state index contributed by atoms with van der Waals surface area (Å²) in [5.41, 5.74) is 0. The number of carbonyl (C=O) groups excluding carboxylic acids is 1. The first-order valence-electron chi connectivity index (χ1n) is 7.11. The van der Waals surface area contributed by atoms with Gasteiger partial charge in [-0.25, -0.2) is 0 Å². The van der Waals surface area contributed by atoms with Gasteiger partial charge in [0.1, 0.15) is 12.3 Å². The summed E-state index contributed by atoms with van der Waals surface area (Å²) in [5, 5.41) is 12.0. The Morgan fingerprint density at radius 2 is 2.00 bits per heavy atom. The molecule has 1 aliphatic heterocycles. The minimum absolute atomic E-state index is 0.0354. The molecule has 3 rings (SSSR count). The molecule has 0 N–H and O–H groups in total. The van der Waals surface area contributed by atoms with Crippen LogP contribution in [-0.4, -0.2) is 55.6 Å². The Kier molecular flexibility index (Phi) is 4.89. The molecule has 0 saturated carbocycles. The predicted octanol–water partition coefficient (Wildman–Crippen LogP) is 0.827.